The molecule has 4 heterocycles. The molecule has 230 valence electrons. The van der Waals surface area contributed by atoms with Crippen molar-refractivity contribution in [2.75, 3.05) is 12.3 Å². The number of rotatable bonds is 11. The molecule has 1 fully saturated rings. The number of carbonyl (C=O) groups excluding carboxylic acids is 2. The van der Waals surface area contributed by atoms with Crippen molar-refractivity contribution in [3.05, 3.63) is 63.0 Å². The van der Waals surface area contributed by atoms with Gasteiger partial charge in [0.1, 0.15) is 18.5 Å². The Morgan fingerprint density at radius 3 is 2.63 bits per heavy atom. The Labute approximate surface area is 260 Å². The zero-order valence-corrected chi connectivity index (χ0v) is 25.8. The van der Waals surface area contributed by atoms with E-state index in [0.717, 1.165) is 14.7 Å². The highest BCUT2D eigenvalue weighted by Crippen LogP contribution is 2.51. The lowest BCUT2D eigenvalue weighted by Gasteiger charge is -2.46. The van der Waals surface area contributed by atoms with Crippen LogP contribution in [0.1, 0.15) is 30.7 Å². The van der Waals surface area contributed by atoms with Crippen molar-refractivity contribution < 1.29 is 51.2 Å². The van der Waals surface area contributed by atoms with E-state index < -0.39 is 29.0 Å². The van der Waals surface area contributed by atoms with Crippen molar-refractivity contribution in [2.45, 2.75) is 44.0 Å². The lowest BCUT2D eigenvalue weighted by Crippen LogP contribution is -3.00. The van der Waals surface area contributed by atoms with Gasteiger partial charge in [0.2, 0.25) is 22.1 Å². The maximum Gasteiger partial charge on any atom is 0.407 e. The number of amides is 2. The van der Waals surface area contributed by atoms with Crippen LogP contribution in [0, 0.1) is 22.0 Å². The molecule has 4 atom stereocenters. The van der Waals surface area contributed by atoms with E-state index in [9.17, 15) is 34.7 Å². The van der Waals surface area contributed by atoms with Crippen molar-refractivity contribution in [1.82, 2.24) is 14.6 Å². The number of halogens is 1. The van der Waals surface area contributed by atoms with Gasteiger partial charge in [-0.2, -0.15) is 4.40 Å². The summed E-state index contributed by atoms with van der Waals surface area (Å²) in [5, 5.41) is 34.5. The smallest absolute Gasteiger partial charge is 0.407 e. The first-order chi connectivity index (χ1) is 20.0. The Hall–Kier alpha value is -3.66. The molecule has 0 spiro atoms. The Morgan fingerprint density at radius 1 is 1.30 bits per heavy atom. The lowest BCUT2D eigenvalue weighted by atomic mass is 9.77. The van der Waals surface area contributed by atoms with Gasteiger partial charge in [-0.3, -0.25) is 14.9 Å². The van der Waals surface area contributed by atoms with E-state index in [0.29, 0.717) is 29.9 Å². The Balaban J connectivity index is 0.00000423. The second-order valence-electron chi connectivity index (χ2n) is 10.3. The summed E-state index contributed by atoms with van der Waals surface area (Å²) in [7, 11) is 1.92. The maximum atomic E-state index is 12.7. The van der Waals surface area contributed by atoms with Crippen molar-refractivity contribution in [3.8, 4) is 0 Å². The molecule has 2 aromatic heterocycles. The summed E-state index contributed by atoms with van der Waals surface area (Å²) in [6, 6.07) is 5.41. The van der Waals surface area contributed by atoms with Gasteiger partial charge in [0.15, 0.2) is 0 Å². The van der Waals surface area contributed by atoms with Crippen LogP contribution in [0.25, 0.3) is 10.4 Å². The quantitative estimate of drug-likeness (QED) is 0.0635. The molecule has 2 aliphatic heterocycles. The zero-order chi connectivity index (χ0) is 30.3. The van der Waals surface area contributed by atoms with Crippen LogP contribution in [-0.2, 0) is 28.0 Å². The van der Waals surface area contributed by atoms with E-state index in [1.165, 1.54) is 40.5 Å². The molecule has 0 saturated carbocycles. The molecule has 43 heavy (non-hydrogen) atoms. The average Bonchev–Trinajstić information content (AvgIpc) is 3.54. The Kier molecular flexibility index (Phi) is 9.69. The number of hydrogen-bond donors (Lipinski definition) is 3. The summed E-state index contributed by atoms with van der Waals surface area (Å²) < 4.78 is 9.10. The number of aliphatic carboxylic acids is 1. The number of carboxylic acid groups (broad SMARTS) is 1. The number of nitrogens with one attached hydrogen (secondary N) is 1. The van der Waals surface area contributed by atoms with Gasteiger partial charge in [-0.15, -0.1) is 0 Å². The first-order valence-corrected chi connectivity index (χ1v) is 15.1. The number of aryl methyl sites for hydroxylation is 1. The summed E-state index contributed by atoms with van der Waals surface area (Å²) in [6.45, 7) is 3.86. The van der Waals surface area contributed by atoms with Crippen molar-refractivity contribution >= 4 is 57.2 Å². The number of fused-ring (bicyclic) bond motifs is 2. The molecule has 5 rings (SSSR count). The van der Waals surface area contributed by atoms with Gasteiger partial charge < -0.3 is 37.6 Å². The number of carboxylic acids is 1. The summed E-state index contributed by atoms with van der Waals surface area (Å²) in [5.41, 5.74) is 1.21. The summed E-state index contributed by atoms with van der Waals surface area (Å²) in [6.07, 6.45) is 3.02. The largest absolute Gasteiger partial charge is 1.00 e. The fourth-order valence-corrected chi connectivity index (χ4v) is 7.99. The molecule has 0 unspecified atom stereocenters. The Bertz CT molecular complexity index is 1600. The minimum Gasteiger partial charge on any atom is -1.00 e. The molecule has 3 N–H and O–H groups in total. The van der Waals surface area contributed by atoms with E-state index in [4.69, 9.17) is 4.74 Å². The van der Waals surface area contributed by atoms with Crippen molar-refractivity contribution in [3.63, 3.8) is 0 Å². The zero-order valence-electron chi connectivity index (χ0n) is 23.4. The minimum absolute atomic E-state index is 0. The predicted octanol–water partition coefficient (Wildman–Crippen LogP) is -0.201. The van der Waals surface area contributed by atoms with Gasteiger partial charge in [-0.25, -0.2) is 14.2 Å². The molecule has 2 amide bonds. The third-order valence-corrected chi connectivity index (χ3v) is 10.0. The monoisotopic (exact) mass is 651 g/mol. The topological polar surface area (TPSA) is 168 Å². The number of benzene rings is 1. The van der Waals surface area contributed by atoms with Crippen LogP contribution in [0.2, 0.25) is 0 Å². The summed E-state index contributed by atoms with van der Waals surface area (Å²) in [4.78, 5) is 50.2. The highest BCUT2D eigenvalue weighted by Gasteiger charge is 2.60. The maximum absolute atomic E-state index is 12.7. The van der Waals surface area contributed by atoms with Crippen LogP contribution in [0.15, 0.2) is 47.5 Å². The first kappa shape index (κ1) is 32.3. The number of nitrogens with zero attached hydrogens (tertiary/aromatic N) is 4. The van der Waals surface area contributed by atoms with Gasteiger partial charge in [-0.1, -0.05) is 30.0 Å². The number of nitro groups is 1. The molecular weight excluding hydrogens is 622 g/mol. The number of nitro benzene ring substituents is 1. The van der Waals surface area contributed by atoms with Crippen LogP contribution in [0.5, 0.6) is 0 Å². The normalized spacial score (nSPS) is 20.0. The predicted molar refractivity (Wildman–Crippen MR) is 153 cm³/mol. The van der Waals surface area contributed by atoms with Crippen LogP contribution in [0.3, 0.4) is 0 Å². The van der Waals surface area contributed by atoms with E-state index in [1.807, 2.05) is 35.5 Å². The van der Waals surface area contributed by atoms with E-state index >= 15 is 0 Å². The molecule has 1 saturated heterocycles. The minimum atomic E-state index is -1.16. The number of thioether (sulfide) groups is 1. The molecule has 13 nitrogen and oxygen atoms in total. The van der Waals surface area contributed by atoms with Gasteiger partial charge in [0, 0.05) is 35.9 Å². The molecule has 2 aliphatic rings. The lowest BCUT2D eigenvalue weighted by molar-refractivity contribution is -0.705. The molecular formula is C27H30ClN5O8S2. The standard InChI is InChI=1S/C27H29N5O8S2.ClH/c1-14-19(22(26(35)36)31-21(14)20(15(2)33)23(31)34)18-11-30-13-29(3)24(25(30)42-18)41-10-4-9-28-27(37)40-12-16-5-7-17(8-6-16)32(38)39;/h5-8,11,13-15,20-21,33H,4,9-10,12H2,1-3H3,(H-,28,35,36,37);1H/t14-,15+,20+,21+;/m0./s1. The number of carbonyl (C=O) groups is 3. The number of hydrogen-bond acceptors (Lipinski definition) is 9. The van der Waals surface area contributed by atoms with Gasteiger partial charge in [0.05, 0.1) is 34.9 Å². The fourth-order valence-electron chi connectivity index (χ4n) is 5.52. The molecule has 1 aromatic carbocycles. The number of β-lactam (4-membered cyclic amide) rings is 1. The number of imidazole rings is 1. The van der Waals surface area contributed by atoms with E-state index in [2.05, 4.69) is 5.32 Å². The van der Waals surface area contributed by atoms with Crippen LogP contribution in [0.4, 0.5) is 10.5 Å². The first-order valence-electron chi connectivity index (χ1n) is 13.3. The number of aliphatic hydroxyl groups excluding tert-OH is 1. The number of non-ortho nitro benzene ring substituents is 1. The third-order valence-electron chi connectivity index (χ3n) is 7.48. The van der Waals surface area contributed by atoms with Gasteiger partial charge in [-0.05, 0) is 31.0 Å². The second-order valence-corrected chi connectivity index (χ2v) is 12.4. The highest BCUT2D eigenvalue weighted by atomic mass is 35.5. The summed E-state index contributed by atoms with van der Waals surface area (Å²) >= 11 is 3.06. The van der Waals surface area contributed by atoms with Crippen LogP contribution < -0.4 is 22.3 Å². The highest BCUT2D eigenvalue weighted by molar-refractivity contribution is 7.99. The third kappa shape index (κ3) is 6.07. The van der Waals surface area contributed by atoms with Crippen molar-refractivity contribution in [1.29, 1.82) is 0 Å². The van der Waals surface area contributed by atoms with E-state index in [-0.39, 0.29) is 48.3 Å². The number of alkyl carbamates (subject to hydrolysis) is 1. The average molecular weight is 652 g/mol. The van der Waals surface area contributed by atoms with Crippen molar-refractivity contribution in [2.24, 2.45) is 18.9 Å². The molecule has 0 radical (unpaired) electrons. The second kappa shape index (κ2) is 12.9. The number of thiazole rings is 1. The molecule has 16 heteroatoms. The van der Waals surface area contributed by atoms with Crippen LogP contribution >= 0.6 is 23.1 Å². The Morgan fingerprint density at radius 2 is 2.00 bits per heavy atom. The SMILES string of the molecule is C[C@@H](O)[C@H]1C(=O)N2C(C(=O)O)=C(c3cn4c[n+](C)c(SCCCNC(=O)OCc5ccc([N+](=O)[O-])cc5)c4s3)[C@H](C)[C@H]12.[Cl-]. The number of aromatic nitrogens is 2. The number of aliphatic hydroxyl groups is 1. The summed E-state index contributed by atoms with van der Waals surface area (Å²) in [5.74, 6) is -1.68. The van der Waals surface area contributed by atoms with Gasteiger partial charge >= 0.3 is 12.1 Å². The van der Waals surface area contributed by atoms with Gasteiger partial charge in [0.25, 0.3) is 5.69 Å². The number of ether oxygens (including phenoxy) is 1. The van der Waals surface area contributed by atoms with Crippen LogP contribution in [-0.4, -0.2) is 66.9 Å². The fraction of sp³-hybridized carbons (Fsp3) is 0.407. The molecule has 3 aromatic rings. The van der Waals surface area contributed by atoms with E-state index in [1.54, 1.807) is 18.7 Å². The molecule has 0 bridgehead atoms. The molecule has 0 aliphatic carbocycles.